The lowest BCUT2D eigenvalue weighted by Crippen LogP contribution is -2.27. The fraction of sp³-hybridized carbons (Fsp3) is 0.846. The molecular weight excluding hydrogens is 212 g/mol. The van der Waals surface area contributed by atoms with E-state index >= 15 is 0 Å². The molecule has 0 aromatic carbocycles. The zero-order valence-corrected chi connectivity index (χ0v) is 10.8. The van der Waals surface area contributed by atoms with Crippen molar-refractivity contribution in [2.45, 2.75) is 38.6 Å². The van der Waals surface area contributed by atoms with Crippen molar-refractivity contribution in [3.8, 4) is 0 Å². The van der Waals surface area contributed by atoms with Crippen LogP contribution in [0.2, 0.25) is 0 Å². The van der Waals surface area contributed by atoms with Crippen LogP contribution in [-0.4, -0.2) is 21.5 Å². The molecule has 0 amide bonds. The highest BCUT2D eigenvalue weighted by Crippen LogP contribution is 2.62. The second-order valence-corrected chi connectivity index (χ2v) is 5.55. The van der Waals surface area contributed by atoms with Gasteiger partial charge in [0.25, 0.3) is 0 Å². The third-order valence-corrected chi connectivity index (χ3v) is 4.54. The van der Waals surface area contributed by atoms with Crippen molar-refractivity contribution in [2.24, 2.45) is 24.8 Å². The summed E-state index contributed by atoms with van der Waals surface area (Å²) in [6, 6.07) is 0.477. The summed E-state index contributed by atoms with van der Waals surface area (Å²) in [5, 5.41) is 11.8. The van der Waals surface area contributed by atoms with Crippen LogP contribution in [0.15, 0.2) is 6.20 Å². The first-order valence-electron chi connectivity index (χ1n) is 6.91. The van der Waals surface area contributed by atoms with Crippen molar-refractivity contribution in [1.29, 1.82) is 0 Å². The fourth-order valence-corrected chi connectivity index (χ4v) is 3.69. The molecule has 3 unspecified atom stereocenters. The lowest BCUT2D eigenvalue weighted by atomic mass is 10.0. The van der Waals surface area contributed by atoms with Crippen LogP contribution in [0.1, 0.15) is 44.3 Å². The van der Waals surface area contributed by atoms with Gasteiger partial charge in [-0.15, -0.1) is 5.10 Å². The maximum absolute atomic E-state index is 4.08. The van der Waals surface area contributed by atoms with Gasteiger partial charge in [-0.3, -0.25) is 4.68 Å². The van der Waals surface area contributed by atoms with Gasteiger partial charge in [0.2, 0.25) is 0 Å². The zero-order chi connectivity index (χ0) is 11.8. The Morgan fingerprint density at radius 1 is 1.47 bits per heavy atom. The third kappa shape index (κ3) is 1.88. The Morgan fingerprint density at radius 2 is 2.24 bits per heavy atom. The predicted molar refractivity (Wildman–Crippen MR) is 66.4 cm³/mol. The number of aryl methyl sites for hydroxylation is 1. The van der Waals surface area contributed by atoms with E-state index in [1.54, 1.807) is 0 Å². The van der Waals surface area contributed by atoms with E-state index in [-0.39, 0.29) is 0 Å². The zero-order valence-electron chi connectivity index (χ0n) is 10.8. The van der Waals surface area contributed by atoms with E-state index < -0.39 is 0 Å². The van der Waals surface area contributed by atoms with Gasteiger partial charge in [0.1, 0.15) is 0 Å². The van der Waals surface area contributed by atoms with Crippen LogP contribution in [0.3, 0.4) is 0 Å². The molecule has 2 aliphatic carbocycles. The number of nitrogens with zero attached hydrogens (tertiary/aromatic N) is 3. The van der Waals surface area contributed by atoms with Crippen LogP contribution in [0.5, 0.6) is 0 Å². The number of rotatable bonds is 5. The molecule has 0 radical (unpaired) electrons. The Balaban J connectivity index is 1.76. The molecule has 0 bridgehead atoms. The van der Waals surface area contributed by atoms with Crippen molar-refractivity contribution in [3.05, 3.63) is 11.9 Å². The number of aromatic nitrogens is 3. The molecule has 1 aromatic heterocycles. The van der Waals surface area contributed by atoms with Gasteiger partial charge in [0.15, 0.2) is 0 Å². The molecule has 94 valence electrons. The number of hydrogen-bond donors (Lipinski definition) is 1. The van der Waals surface area contributed by atoms with E-state index in [4.69, 9.17) is 0 Å². The van der Waals surface area contributed by atoms with Gasteiger partial charge in [0.05, 0.1) is 17.9 Å². The largest absolute Gasteiger partial charge is 0.308 e. The molecule has 4 heteroatoms. The van der Waals surface area contributed by atoms with Crippen LogP contribution in [0, 0.1) is 17.8 Å². The van der Waals surface area contributed by atoms with Crippen LogP contribution in [-0.2, 0) is 7.05 Å². The molecule has 3 atom stereocenters. The van der Waals surface area contributed by atoms with Gasteiger partial charge in [-0.25, -0.2) is 0 Å². The van der Waals surface area contributed by atoms with Crippen LogP contribution >= 0.6 is 0 Å². The smallest absolute Gasteiger partial charge is 0.0756 e. The molecule has 4 nitrogen and oxygen atoms in total. The Hall–Kier alpha value is -0.900. The van der Waals surface area contributed by atoms with Crippen molar-refractivity contribution in [2.75, 3.05) is 6.54 Å². The van der Waals surface area contributed by atoms with Gasteiger partial charge < -0.3 is 5.32 Å². The highest BCUT2D eigenvalue weighted by molar-refractivity contribution is 5.14. The summed E-state index contributed by atoms with van der Waals surface area (Å²) in [6.07, 6.45) is 7.43. The molecule has 0 aliphatic heterocycles. The SMILES string of the molecule is CCCNC(c1cnnn1C)C1C2CCCC21. The van der Waals surface area contributed by atoms with Gasteiger partial charge >= 0.3 is 0 Å². The summed E-state index contributed by atoms with van der Waals surface area (Å²) in [4.78, 5) is 0. The minimum Gasteiger partial charge on any atom is -0.308 e. The van der Waals surface area contributed by atoms with Crippen LogP contribution in [0.4, 0.5) is 0 Å². The first-order valence-corrected chi connectivity index (χ1v) is 6.91. The third-order valence-electron chi connectivity index (χ3n) is 4.54. The quantitative estimate of drug-likeness (QED) is 0.846. The van der Waals surface area contributed by atoms with Gasteiger partial charge in [-0.1, -0.05) is 18.6 Å². The Bertz CT molecular complexity index is 377. The molecule has 2 aliphatic rings. The maximum Gasteiger partial charge on any atom is 0.0756 e. The van der Waals surface area contributed by atoms with Crippen molar-refractivity contribution in [3.63, 3.8) is 0 Å². The van der Waals surface area contributed by atoms with E-state index in [0.717, 1.165) is 24.3 Å². The molecule has 0 spiro atoms. The van der Waals surface area contributed by atoms with Gasteiger partial charge in [-0.05, 0) is 43.6 Å². The standard InChI is InChI=1S/C13H22N4/c1-3-7-14-13(11-8-15-16-17(11)2)12-9-5-4-6-10(9)12/h8-10,12-14H,3-7H2,1-2H3. The number of nitrogens with one attached hydrogen (secondary N) is 1. The minimum atomic E-state index is 0.477. The molecule has 2 fully saturated rings. The predicted octanol–water partition coefficient (Wildman–Crippen LogP) is 1.90. The second-order valence-electron chi connectivity index (χ2n) is 5.55. The summed E-state index contributed by atoms with van der Waals surface area (Å²) in [5.41, 5.74) is 1.26. The summed E-state index contributed by atoms with van der Waals surface area (Å²) in [6.45, 7) is 3.31. The molecule has 0 saturated heterocycles. The molecular formula is C13H22N4. The van der Waals surface area contributed by atoms with Gasteiger partial charge in [0, 0.05) is 7.05 Å². The first kappa shape index (κ1) is 11.2. The summed E-state index contributed by atoms with van der Waals surface area (Å²) >= 11 is 0. The highest BCUT2D eigenvalue weighted by atomic mass is 15.4. The summed E-state index contributed by atoms with van der Waals surface area (Å²) in [7, 11) is 2.00. The van der Waals surface area contributed by atoms with Crippen molar-refractivity contribution in [1.82, 2.24) is 20.3 Å². The topological polar surface area (TPSA) is 42.7 Å². The molecule has 2 saturated carbocycles. The molecule has 3 rings (SSSR count). The maximum atomic E-state index is 4.08. The average Bonchev–Trinajstić information content (AvgIpc) is 2.71. The van der Waals surface area contributed by atoms with Crippen molar-refractivity contribution >= 4 is 0 Å². The van der Waals surface area contributed by atoms with E-state index in [0.29, 0.717) is 6.04 Å². The first-order chi connectivity index (χ1) is 8.33. The van der Waals surface area contributed by atoms with Crippen molar-refractivity contribution < 1.29 is 0 Å². The second kappa shape index (κ2) is 4.41. The lowest BCUT2D eigenvalue weighted by Gasteiger charge is -2.20. The van der Waals surface area contributed by atoms with E-state index in [9.17, 15) is 0 Å². The molecule has 1 aromatic rings. The van der Waals surface area contributed by atoms with Crippen LogP contribution < -0.4 is 5.32 Å². The van der Waals surface area contributed by atoms with E-state index in [1.165, 1.54) is 31.4 Å². The lowest BCUT2D eigenvalue weighted by molar-refractivity contribution is 0.397. The van der Waals surface area contributed by atoms with Gasteiger partial charge in [-0.2, -0.15) is 0 Å². The van der Waals surface area contributed by atoms with Crippen LogP contribution in [0.25, 0.3) is 0 Å². The van der Waals surface area contributed by atoms with E-state index in [2.05, 4.69) is 22.6 Å². The summed E-state index contributed by atoms with van der Waals surface area (Å²) in [5.74, 6) is 2.78. The number of hydrogen-bond acceptors (Lipinski definition) is 3. The fourth-order valence-electron chi connectivity index (χ4n) is 3.69. The average molecular weight is 234 g/mol. The Kier molecular flexibility index (Phi) is 2.90. The van der Waals surface area contributed by atoms with E-state index in [1.807, 2.05) is 17.9 Å². The minimum absolute atomic E-state index is 0.477. The highest BCUT2D eigenvalue weighted by Gasteiger charge is 2.56. The number of fused-ring (bicyclic) bond motifs is 1. The Labute approximate surface area is 103 Å². The molecule has 17 heavy (non-hydrogen) atoms. The Morgan fingerprint density at radius 3 is 2.82 bits per heavy atom. The monoisotopic (exact) mass is 234 g/mol. The normalized spacial score (nSPS) is 32.5. The summed E-state index contributed by atoms with van der Waals surface area (Å²) < 4.78 is 1.93. The molecule has 1 heterocycles. The molecule has 1 N–H and O–H groups in total.